The molecule has 0 aliphatic rings. The molecule has 2 unspecified atom stereocenters. The number of amides is 3. The van der Waals surface area contributed by atoms with Gasteiger partial charge in [0.1, 0.15) is 29.0 Å². The Morgan fingerprint density at radius 1 is 1.25 bits per heavy atom. The normalized spacial score (nSPS) is 12.9. The van der Waals surface area contributed by atoms with E-state index in [1.54, 1.807) is 0 Å². The zero-order chi connectivity index (χ0) is 20.7. The molecule has 0 radical (unpaired) electrons. The summed E-state index contributed by atoms with van der Waals surface area (Å²) in [5.74, 6) is -3.06. The molecule has 3 amide bonds. The number of nitrogens with one attached hydrogen (secondary N) is 3. The van der Waals surface area contributed by atoms with Gasteiger partial charge in [-0.05, 0) is 13.3 Å². The van der Waals surface area contributed by atoms with Gasteiger partial charge in [-0.1, -0.05) is 11.8 Å². The van der Waals surface area contributed by atoms with Gasteiger partial charge in [-0.3, -0.25) is 19.2 Å². The summed E-state index contributed by atoms with van der Waals surface area (Å²) in [5, 5.41) is 14.0. The van der Waals surface area contributed by atoms with Crippen LogP contribution in [0, 0.1) is 0 Å². The van der Waals surface area contributed by atoms with Gasteiger partial charge in [0.25, 0.3) is 0 Å². The summed E-state index contributed by atoms with van der Waals surface area (Å²) in [4.78, 5) is 61.1. The fraction of sp³-hybridized carbons (Fsp3) is 0.400. The lowest BCUT2D eigenvalue weighted by Gasteiger charge is -2.18. The molecule has 0 fully saturated rings. The Hall–Kier alpha value is -3.22. The zero-order valence-corrected chi connectivity index (χ0v) is 15.7. The molecule has 2 aromatic rings. The smallest absolute Gasteiger partial charge is 0.303 e. The van der Waals surface area contributed by atoms with E-state index in [1.807, 2.05) is 0 Å². The highest BCUT2D eigenvalue weighted by Crippen LogP contribution is 2.21. The lowest BCUT2D eigenvalue weighted by molar-refractivity contribution is -0.137. The molecule has 2 heterocycles. The third kappa shape index (κ3) is 5.90. The number of thioether (sulfide) groups is 1. The number of hydrogen-bond donors (Lipinski definition) is 5. The molecule has 150 valence electrons. The Labute approximate surface area is 163 Å². The fourth-order valence-electron chi connectivity index (χ4n) is 2.19. The Balaban J connectivity index is 1.85. The van der Waals surface area contributed by atoms with Gasteiger partial charge in [-0.15, -0.1) is 0 Å². The van der Waals surface area contributed by atoms with E-state index in [9.17, 15) is 19.2 Å². The van der Waals surface area contributed by atoms with Crippen molar-refractivity contribution in [1.29, 1.82) is 0 Å². The van der Waals surface area contributed by atoms with Crippen LogP contribution in [0.4, 0.5) is 0 Å². The van der Waals surface area contributed by atoms with Gasteiger partial charge in [0, 0.05) is 6.42 Å². The van der Waals surface area contributed by atoms with Crippen molar-refractivity contribution in [3.8, 4) is 0 Å². The van der Waals surface area contributed by atoms with Gasteiger partial charge >= 0.3 is 5.97 Å². The van der Waals surface area contributed by atoms with Crippen molar-refractivity contribution < 1.29 is 24.3 Å². The molecule has 13 heteroatoms. The van der Waals surface area contributed by atoms with Crippen LogP contribution >= 0.6 is 11.8 Å². The van der Waals surface area contributed by atoms with Crippen molar-refractivity contribution in [2.75, 3.05) is 5.75 Å². The second-order valence-corrected chi connectivity index (χ2v) is 6.72. The quantitative estimate of drug-likeness (QED) is 0.236. The van der Waals surface area contributed by atoms with Gasteiger partial charge in [0.2, 0.25) is 17.7 Å². The highest BCUT2D eigenvalue weighted by molar-refractivity contribution is 8.00. The van der Waals surface area contributed by atoms with Crippen LogP contribution in [0.15, 0.2) is 17.7 Å². The van der Waals surface area contributed by atoms with Crippen LogP contribution in [0.25, 0.3) is 11.2 Å². The summed E-state index contributed by atoms with van der Waals surface area (Å²) in [6.45, 7) is 1.44. The van der Waals surface area contributed by atoms with Gasteiger partial charge in [0.15, 0.2) is 5.65 Å². The molecule has 2 rings (SSSR count). The second kappa shape index (κ2) is 9.64. The SMILES string of the molecule is CC(NC(=O)CSc1ncnc2nc[nH]c12)C(=O)NC(CCC(=O)O)C(N)=O. The predicted octanol–water partition coefficient (Wildman–Crippen LogP) is -1.22. The first-order chi connectivity index (χ1) is 13.3. The van der Waals surface area contributed by atoms with Crippen LogP contribution in [0.1, 0.15) is 19.8 Å². The minimum absolute atomic E-state index is 0.0129. The zero-order valence-electron chi connectivity index (χ0n) is 14.8. The standard InChI is InChI=1S/C15H19N7O5S/c1-7(14(27)22-8(12(16)26)2-3-10(24)25)21-9(23)4-28-15-11-13(18-5-17-11)19-6-20-15/h5-8H,2-4H2,1H3,(H2,16,26)(H,21,23)(H,22,27)(H,24,25)(H,17,18,19,20). The number of carboxylic acids is 1. The number of primary amides is 1. The minimum Gasteiger partial charge on any atom is -0.481 e. The molecule has 6 N–H and O–H groups in total. The molecule has 28 heavy (non-hydrogen) atoms. The monoisotopic (exact) mass is 409 g/mol. The van der Waals surface area contributed by atoms with Crippen molar-refractivity contribution in [2.45, 2.75) is 36.9 Å². The van der Waals surface area contributed by atoms with Gasteiger partial charge in [-0.2, -0.15) is 0 Å². The highest BCUT2D eigenvalue weighted by atomic mass is 32.2. The number of hydrogen-bond acceptors (Lipinski definition) is 8. The number of nitrogens with two attached hydrogens (primary N) is 1. The van der Waals surface area contributed by atoms with Crippen molar-refractivity contribution >= 4 is 46.6 Å². The number of aliphatic carboxylic acids is 1. The molecule has 2 atom stereocenters. The summed E-state index contributed by atoms with van der Waals surface area (Å²) in [7, 11) is 0. The average molecular weight is 409 g/mol. The van der Waals surface area contributed by atoms with Crippen LogP contribution in [0.3, 0.4) is 0 Å². The van der Waals surface area contributed by atoms with Crippen LogP contribution < -0.4 is 16.4 Å². The number of nitrogens with zero attached hydrogens (tertiary/aromatic N) is 3. The first kappa shape index (κ1) is 21.1. The van der Waals surface area contributed by atoms with Crippen LogP contribution in [-0.2, 0) is 19.2 Å². The van der Waals surface area contributed by atoms with Crippen molar-refractivity contribution in [3.63, 3.8) is 0 Å². The number of carbonyl (C=O) groups excluding carboxylic acids is 3. The number of carbonyl (C=O) groups is 4. The predicted molar refractivity (Wildman–Crippen MR) is 98.0 cm³/mol. The molecule has 0 aromatic carbocycles. The Morgan fingerprint density at radius 3 is 2.68 bits per heavy atom. The topological polar surface area (TPSA) is 193 Å². The molecule has 0 saturated carbocycles. The lowest BCUT2D eigenvalue weighted by atomic mass is 10.1. The Morgan fingerprint density at radius 2 is 2.00 bits per heavy atom. The number of fused-ring (bicyclic) bond motifs is 1. The number of carboxylic acid groups (broad SMARTS) is 1. The third-order valence-electron chi connectivity index (χ3n) is 3.61. The summed E-state index contributed by atoms with van der Waals surface area (Å²) in [6, 6.07) is -2.08. The number of H-pyrrole nitrogens is 1. The average Bonchev–Trinajstić information content (AvgIpc) is 3.12. The number of aromatic nitrogens is 4. The number of imidazole rings is 1. The fourth-order valence-corrected chi connectivity index (χ4v) is 2.95. The van der Waals surface area contributed by atoms with E-state index in [0.29, 0.717) is 16.2 Å². The first-order valence-corrected chi connectivity index (χ1v) is 9.14. The number of aromatic amines is 1. The highest BCUT2D eigenvalue weighted by Gasteiger charge is 2.23. The van der Waals surface area contributed by atoms with E-state index in [1.165, 1.54) is 19.6 Å². The first-order valence-electron chi connectivity index (χ1n) is 8.15. The third-order valence-corrected chi connectivity index (χ3v) is 4.60. The van der Waals surface area contributed by atoms with Crippen molar-refractivity contribution in [2.24, 2.45) is 5.73 Å². The molecule has 0 bridgehead atoms. The molecular formula is C15H19N7O5S. The van der Waals surface area contributed by atoms with Crippen molar-refractivity contribution in [1.82, 2.24) is 30.6 Å². The van der Waals surface area contributed by atoms with Gasteiger partial charge in [-0.25, -0.2) is 15.0 Å². The van der Waals surface area contributed by atoms with Gasteiger partial charge < -0.3 is 26.5 Å². The molecule has 12 nitrogen and oxygen atoms in total. The maximum absolute atomic E-state index is 12.1. The summed E-state index contributed by atoms with van der Waals surface area (Å²) >= 11 is 1.14. The van der Waals surface area contributed by atoms with Crippen LogP contribution in [0.5, 0.6) is 0 Å². The van der Waals surface area contributed by atoms with E-state index in [4.69, 9.17) is 10.8 Å². The minimum atomic E-state index is -1.13. The van der Waals surface area contributed by atoms with E-state index in [-0.39, 0.29) is 18.6 Å². The molecular weight excluding hydrogens is 390 g/mol. The van der Waals surface area contributed by atoms with Crippen LogP contribution in [-0.4, -0.2) is 66.6 Å². The van der Waals surface area contributed by atoms with Crippen molar-refractivity contribution in [3.05, 3.63) is 12.7 Å². The Kier molecular flexibility index (Phi) is 7.26. The largest absolute Gasteiger partial charge is 0.481 e. The molecule has 0 aliphatic heterocycles. The summed E-state index contributed by atoms with van der Waals surface area (Å²) in [6.07, 6.45) is 2.34. The van der Waals surface area contributed by atoms with Crippen LogP contribution in [0.2, 0.25) is 0 Å². The second-order valence-electron chi connectivity index (χ2n) is 5.75. The maximum atomic E-state index is 12.1. The molecule has 0 spiro atoms. The maximum Gasteiger partial charge on any atom is 0.303 e. The van der Waals surface area contributed by atoms with E-state index < -0.39 is 35.8 Å². The summed E-state index contributed by atoms with van der Waals surface area (Å²) in [5.41, 5.74) is 6.25. The van der Waals surface area contributed by atoms with E-state index >= 15 is 0 Å². The Bertz CT molecular complexity index is 887. The molecule has 0 aliphatic carbocycles. The number of rotatable bonds is 10. The molecule has 0 saturated heterocycles. The van der Waals surface area contributed by atoms with Gasteiger partial charge in [0.05, 0.1) is 12.1 Å². The van der Waals surface area contributed by atoms with E-state index in [2.05, 4.69) is 30.6 Å². The lowest BCUT2D eigenvalue weighted by Crippen LogP contribution is -2.52. The van der Waals surface area contributed by atoms with E-state index in [0.717, 1.165) is 11.8 Å². The summed E-state index contributed by atoms with van der Waals surface area (Å²) < 4.78 is 0. The molecule has 2 aromatic heterocycles.